The van der Waals surface area contributed by atoms with Crippen LogP contribution in [0.15, 0.2) is 53.6 Å². The van der Waals surface area contributed by atoms with Crippen molar-refractivity contribution in [1.82, 2.24) is 9.13 Å². The highest BCUT2D eigenvalue weighted by Gasteiger charge is 2.00. The van der Waals surface area contributed by atoms with Crippen LogP contribution in [0.1, 0.15) is 12.5 Å². The summed E-state index contributed by atoms with van der Waals surface area (Å²) in [6.45, 7) is 2.51. The fourth-order valence-corrected chi connectivity index (χ4v) is 1.60. The summed E-state index contributed by atoms with van der Waals surface area (Å²) >= 11 is 0. The second-order valence-electron chi connectivity index (χ2n) is 3.58. The van der Waals surface area contributed by atoms with Gasteiger partial charge in [-0.3, -0.25) is 9.13 Å². The van der Waals surface area contributed by atoms with Gasteiger partial charge in [-0.05, 0) is 12.5 Å². The van der Waals surface area contributed by atoms with Crippen LogP contribution in [0, 0.1) is 0 Å². The summed E-state index contributed by atoms with van der Waals surface area (Å²) in [5.41, 5.74) is 1.12. The molecule has 3 heteroatoms. The second kappa shape index (κ2) is 4.66. The van der Waals surface area contributed by atoms with Gasteiger partial charge in [0.2, 0.25) is 0 Å². The predicted octanol–water partition coefficient (Wildman–Crippen LogP) is 2.19. The molecule has 0 N–H and O–H groups in total. The Hall–Kier alpha value is -2.03. The minimum Gasteiger partial charge on any atom is -0.295 e. The molecular formula is C13H14N2O. The lowest BCUT2D eigenvalue weighted by atomic mass is 10.2. The van der Waals surface area contributed by atoms with Crippen molar-refractivity contribution in [2.24, 2.45) is 0 Å². The monoisotopic (exact) mass is 214 g/mol. The fourth-order valence-electron chi connectivity index (χ4n) is 1.60. The highest BCUT2D eigenvalue weighted by Crippen LogP contribution is 2.00. The van der Waals surface area contributed by atoms with E-state index in [1.54, 1.807) is 27.7 Å². The Morgan fingerprint density at radius 1 is 1.19 bits per heavy atom. The largest absolute Gasteiger partial charge is 0.332 e. The molecule has 0 spiro atoms. The van der Waals surface area contributed by atoms with Crippen molar-refractivity contribution < 1.29 is 0 Å². The van der Waals surface area contributed by atoms with Gasteiger partial charge in [0.1, 0.15) is 0 Å². The van der Waals surface area contributed by atoms with Crippen molar-refractivity contribution >= 4 is 6.20 Å². The van der Waals surface area contributed by atoms with E-state index < -0.39 is 0 Å². The Balaban J connectivity index is 2.26. The highest BCUT2D eigenvalue weighted by molar-refractivity contribution is 5.21. The first-order valence-corrected chi connectivity index (χ1v) is 5.25. The Bertz CT molecular complexity index is 535. The number of imidazole rings is 1. The zero-order chi connectivity index (χ0) is 11.4. The molecule has 1 heterocycles. The first kappa shape index (κ1) is 10.5. The average molecular weight is 214 g/mol. The highest BCUT2D eigenvalue weighted by atomic mass is 16.1. The molecule has 0 aliphatic heterocycles. The molecule has 0 saturated carbocycles. The molecule has 0 amide bonds. The molecule has 82 valence electrons. The van der Waals surface area contributed by atoms with E-state index in [1.165, 1.54) is 0 Å². The van der Waals surface area contributed by atoms with Crippen LogP contribution < -0.4 is 5.69 Å². The van der Waals surface area contributed by atoms with Gasteiger partial charge in [-0.25, -0.2) is 4.79 Å². The van der Waals surface area contributed by atoms with Gasteiger partial charge in [0.15, 0.2) is 0 Å². The summed E-state index contributed by atoms with van der Waals surface area (Å²) in [5.74, 6) is 0. The predicted molar refractivity (Wildman–Crippen MR) is 65.2 cm³/mol. The van der Waals surface area contributed by atoms with E-state index in [-0.39, 0.29) is 5.69 Å². The molecule has 0 aliphatic rings. The summed E-state index contributed by atoms with van der Waals surface area (Å²) in [4.78, 5) is 11.8. The van der Waals surface area contributed by atoms with Gasteiger partial charge in [-0.15, -0.1) is 0 Å². The third kappa shape index (κ3) is 2.14. The fraction of sp³-hybridized carbons (Fsp3) is 0.154. The lowest BCUT2D eigenvalue weighted by Gasteiger charge is -2.00. The molecule has 0 unspecified atom stereocenters. The molecule has 0 bridgehead atoms. The summed E-state index contributed by atoms with van der Waals surface area (Å²) in [5, 5.41) is 0. The van der Waals surface area contributed by atoms with E-state index in [4.69, 9.17) is 0 Å². The van der Waals surface area contributed by atoms with Crippen LogP contribution in [0.25, 0.3) is 6.20 Å². The van der Waals surface area contributed by atoms with Crippen molar-refractivity contribution in [1.29, 1.82) is 0 Å². The SMILES string of the molecule is C/C=C\n1ccn(Cc2ccccc2)c1=O. The van der Waals surface area contributed by atoms with Crippen LogP contribution in [-0.4, -0.2) is 9.13 Å². The van der Waals surface area contributed by atoms with Crippen LogP contribution in [0.3, 0.4) is 0 Å². The second-order valence-corrected chi connectivity index (χ2v) is 3.58. The summed E-state index contributed by atoms with van der Waals surface area (Å²) < 4.78 is 3.26. The van der Waals surface area contributed by atoms with Crippen molar-refractivity contribution in [3.63, 3.8) is 0 Å². The van der Waals surface area contributed by atoms with Gasteiger partial charge in [0, 0.05) is 18.6 Å². The van der Waals surface area contributed by atoms with E-state index in [2.05, 4.69) is 0 Å². The number of nitrogens with zero attached hydrogens (tertiary/aromatic N) is 2. The first-order chi connectivity index (χ1) is 7.81. The van der Waals surface area contributed by atoms with Crippen molar-refractivity contribution in [2.75, 3.05) is 0 Å². The summed E-state index contributed by atoms with van der Waals surface area (Å²) in [6.07, 6.45) is 7.17. The molecule has 0 saturated heterocycles. The molecule has 0 fully saturated rings. The topological polar surface area (TPSA) is 26.9 Å². The normalized spacial score (nSPS) is 11.1. The molecule has 2 rings (SSSR count). The zero-order valence-electron chi connectivity index (χ0n) is 9.21. The standard InChI is InChI=1S/C13H14N2O/c1-2-8-14-9-10-15(13(14)16)11-12-6-4-3-5-7-12/h2-10H,11H2,1H3/b8-2-. The van der Waals surface area contributed by atoms with Gasteiger partial charge < -0.3 is 0 Å². The number of hydrogen-bond donors (Lipinski definition) is 0. The number of rotatable bonds is 3. The maximum atomic E-state index is 11.8. The zero-order valence-corrected chi connectivity index (χ0v) is 9.21. The summed E-state index contributed by atoms with van der Waals surface area (Å²) in [7, 11) is 0. The lowest BCUT2D eigenvalue weighted by Crippen LogP contribution is -2.21. The van der Waals surface area contributed by atoms with E-state index in [9.17, 15) is 4.79 Å². The van der Waals surface area contributed by atoms with E-state index in [0.717, 1.165) is 5.56 Å². The number of hydrogen-bond acceptors (Lipinski definition) is 1. The molecule has 0 atom stereocenters. The van der Waals surface area contributed by atoms with Crippen LogP contribution in [0.5, 0.6) is 0 Å². The molecule has 16 heavy (non-hydrogen) atoms. The van der Waals surface area contributed by atoms with Gasteiger partial charge in [0.25, 0.3) is 0 Å². The third-order valence-electron chi connectivity index (χ3n) is 2.38. The average Bonchev–Trinajstić information content (AvgIpc) is 2.64. The summed E-state index contributed by atoms with van der Waals surface area (Å²) in [6, 6.07) is 9.95. The van der Waals surface area contributed by atoms with Crippen molar-refractivity contribution in [3.8, 4) is 0 Å². The number of allylic oxidation sites excluding steroid dienone is 1. The maximum Gasteiger partial charge on any atom is 0.332 e. The van der Waals surface area contributed by atoms with E-state index in [1.807, 2.05) is 43.3 Å². The molecule has 0 radical (unpaired) electrons. The molecule has 2 aromatic rings. The molecule has 0 aliphatic carbocycles. The van der Waals surface area contributed by atoms with Crippen molar-refractivity contribution in [3.05, 3.63) is 64.8 Å². The van der Waals surface area contributed by atoms with E-state index in [0.29, 0.717) is 6.54 Å². The maximum absolute atomic E-state index is 11.8. The molecule has 1 aromatic heterocycles. The van der Waals surface area contributed by atoms with Crippen LogP contribution in [0.4, 0.5) is 0 Å². The van der Waals surface area contributed by atoms with Crippen LogP contribution in [0.2, 0.25) is 0 Å². The molecule has 3 nitrogen and oxygen atoms in total. The first-order valence-electron chi connectivity index (χ1n) is 5.25. The van der Waals surface area contributed by atoms with Crippen molar-refractivity contribution in [2.45, 2.75) is 13.5 Å². The van der Waals surface area contributed by atoms with Gasteiger partial charge in [-0.2, -0.15) is 0 Å². The van der Waals surface area contributed by atoms with Gasteiger partial charge >= 0.3 is 5.69 Å². The lowest BCUT2D eigenvalue weighted by molar-refractivity contribution is 0.749. The van der Waals surface area contributed by atoms with Crippen LogP contribution in [-0.2, 0) is 6.54 Å². The third-order valence-corrected chi connectivity index (χ3v) is 2.38. The smallest absolute Gasteiger partial charge is 0.295 e. The Labute approximate surface area is 94.3 Å². The minimum atomic E-state index is -0.0121. The molecule has 1 aromatic carbocycles. The van der Waals surface area contributed by atoms with E-state index >= 15 is 0 Å². The van der Waals surface area contributed by atoms with Gasteiger partial charge in [0.05, 0.1) is 6.54 Å². The van der Waals surface area contributed by atoms with Crippen LogP contribution >= 0.6 is 0 Å². The quantitative estimate of drug-likeness (QED) is 0.769. The van der Waals surface area contributed by atoms with Gasteiger partial charge in [-0.1, -0.05) is 36.4 Å². The molecular weight excluding hydrogens is 200 g/mol. The Morgan fingerprint density at radius 3 is 2.62 bits per heavy atom. The minimum absolute atomic E-state index is 0.0121. The number of benzene rings is 1. The Kier molecular flexibility index (Phi) is 3.05. The number of aromatic nitrogens is 2. The Morgan fingerprint density at radius 2 is 1.94 bits per heavy atom.